The summed E-state index contributed by atoms with van der Waals surface area (Å²) in [6, 6.07) is 6.77. The van der Waals surface area contributed by atoms with Gasteiger partial charge in [-0.25, -0.2) is 0 Å². The second-order valence-corrected chi connectivity index (χ2v) is 4.83. The molecule has 3 rings (SSSR count). The lowest BCUT2D eigenvalue weighted by Gasteiger charge is -2.24. The van der Waals surface area contributed by atoms with Crippen LogP contribution in [-0.4, -0.2) is 35.9 Å². The molecule has 1 aliphatic heterocycles. The SMILES string of the molecule is Cc1ccc(CC2COCCN2)cc1-c1ncon1. The van der Waals surface area contributed by atoms with Crippen molar-refractivity contribution in [2.24, 2.45) is 0 Å². The van der Waals surface area contributed by atoms with Crippen molar-refractivity contribution in [1.29, 1.82) is 0 Å². The van der Waals surface area contributed by atoms with Crippen LogP contribution < -0.4 is 5.32 Å². The van der Waals surface area contributed by atoms with Gasteiger partial charge in [0.25, 0.3) is 0 Å². The van der Waals surface area contributed by atoms with E-state index in [0.29, 0.717) is 11.9 Å². The highest BCUT2D eigenvalue weighted by Gasteiger charge is 2.15. The van der Waals surface area contributed by atoms with Crippen molar-refractivity contribution in [3.8, 4) is 11.4 Å². The number of hydrogen-bond donors (Lipinski definition) is 1. The molecule has 1 aromatic heterocycles. The quantitative estimate of drug-likeness (QED) is 0.906. The normalized spacial score (nSPS) is 19.5. The van der Waals surface area contributed by atoms with E-state index in [0.717, 1.165) is 37.3 Å². The topological polar surface area (TPSA) is 60.2 Å². The van der Waals surface area contributed by atoms with Crippen molar-refractivity contribution in [3.05, 3.63) is 35.7 Å². The summed E-state index contributed by atoms with van der Waals surface area (Å²) < 4.78 is 10.3. The molecule has 1 N–H and O–H groups in total. The summed E-state index contributed by atoms with van der Waals surface area (Å²) in [7, 11) is 0. The molecule has 1 fully saturated rings. The minimum absolute atomic E-state index is 0.384. The van der Waals surface area contributed by atoms with Gasteiger partial charge < -0.3 is 14.6 Å². The Morgan fingerprint density at radius 1 is 1.42 bits per heavy atom. The summed E-state index contributed by atoms with van der Waals surface area (Å²) in [6.45, 7) is 4.55. The van der Waals surface area contributed by atoms with E-state index in [1.807, 2.05) is 0 Å². The Kier molecular flexibility index (Phi) is 3.57. The maximum absolute atomic E-state index is 5.48. The molecule has 0 saturated carbocycles. The first-order valence-electron chi connectivity index (χ1n) is 6.50. The van der Waals surface area contributed by atoms with E-state index in [2.05, 4.69) is 40.6 Å². The molecule has 0 radical (unpaired) electrons. The third-order valence-corrected chi connectivity index (χ3v) is 3.38. The number of hydrogen-bond acceptors (Lipinski definition) is 5. The highest BCUT2D eigenvalue weighted by molar-refractivity contribution is 5.60. The molecule has 2 heterocycles. The van der Waals surface area contributed by atoms with Gasteiger partial charge in [-0.2, -0.15) is 4.98 Å². The van der Waals surface area contributed by atoms with E-state index in [4.69, 9.17) is 9.26 Å². The highest BCUT2D eigenvalue weighted by atomic mass is 16.5. The first kappa shape index (κ1) is 12.3. The third-order valence-electron chi connectivity index (χ3n) is 3.38. The van der Waals surface area contributed by atoms with E-state index < -0.39 is 0 Å². The summed E-state index contributed by atoms with van der Waals surface area (Å²) in [5.41, 5.74) is 3.44. The zero-order chi connectivity index (χ0) is 13.1. The maximum atomic E-state index is 5.48. The number of aromatic nitrogens is 2. The number of nitrogens with one attached hydrogen (secondary N) is 1. The Morgan fingerprint density at radius 3 is 3.11 bits per heavy atom. The molecule has 19 heavy (non-hydrogen) atoms. The van der Waals surface area contributed by atoms with E-state index in [-0.39, 0.29) is 0 Å². The third kappa shape index (κ3) is 2.83. The average molecular weight is 259 g/mol. The van der Waals surface area contributed by atoms with Gasteiger partial charge in [0.15, 0.2) is 0 Å². The molecule has 0 bridgehead atoms. The first-order valence-corrected chi connectivity index (χ1v) is 6.50. The van der Waals surface area contributed by atoms with Crippen LogP contribution >= 0.6 is 0 Å². The van der Waals surface area contributed by atoms with Crippen LogP contribution in [0, 0.1) is 6.92 Å². The van der Waals surface area contributed by atoms with Crippen LogP contribution in [-0.2, 0) is 11.2 Å². The second kappa shape index (κ2) is 5.50. The van der Waals surface area contributed by atoms with Gasteiger partial charge in [0.05, 0.1) is 13.2 Å². The number of benzene rings is 1. The van der Waals surface area contributed by atoms with Gasteiger partial charge in [0, 0.05) is 18.2 Å². The standard InChI is InChI=1S/C14H17N3O2/c1-10-2-3-11(6-12-8-18-5-4-15-12)7-13(10)14-16-9-19-17-14/h2-3,7,9,12,15H,4-6,8H2,1H3. The number of ether oxygens (including phenoxy) is 1. The molecule has 0 spiro atoms. The van der Waals surface area contributed by atoms with Crippen molar-refractivity contribution < 1.29 is 9.26 Å². The molecule has 1 aliphatic rings. The minimum Gasteiger partial charge on any atom is -0.379 e. The molecule has 100 valence electrons. The first-order chi connectivity index (χ1) is 9.33. The molecule has 5 heteroatoms. The van der Waals surface area contributed by atoms with Crippen LogP contribution in [0.15, 0.2) is 29.1 Å². The minimum atomic E-state index is 0.384. The van der Waals surface area contributed by atoms with Crippen LogP contribution in [0.5, 0.6) is 0 Å². The lowest BCUT2D eigenvalue weighted by Crippen LogP contribution is -2.42. The molecule has 2 aromatic rings. The van der Waals surface area contributed by atoms with Gasteiger partial charge in [0.1, 0.15) is 0 Å². The fraction of sp³-hybridized carbons (Fsp3) is 0.429. The number of nitrogens with zero attached hydrogens (tertiary/aromatic N) is 2. The Hall–Kier alpha value is -1.72. The molecule has 0 aliphatic carbocycles. The smallest absolute Gasteiger partial charge is 0.214 e. The van der Waals surface area contributed by atoms with Crippen LogP contribution in [0.2, 0.25) is 0 Å². The Morgan fingerprint density at radius 2 is 2.37 bits per heavy atom. The predicted octanol–water partition coefficient (Wildman–Crippen LogP) is 1.58. The fourth-order valence-electron chi connectivity index (χ4n) is 2.36. The van der Waals surface area contributed by atoms with Crippen molar-refractivity contribution >= 4 is 0 Å². The molecule has 0 amide bonds. The Labute approximate surface area is 112 Å². The van der Waals surface area contributed by atoms with Gasteiger partial charge in [0.2, 0.25) is 12.2 Å². The number of rotatable bonds is 3. The van der Waals surface area contributed by atoms with Crippen molar-refractivity contribution in [2.45, 2.75) is 19.4 Å². The largest absolute Gasteiger partial charge is 0.379 e. The molecule has 1 atom stereocenters. The lowest BCUT2D eigenvalue weighted by atomic mass is 9.99. The van der Waals surface area contributed by atoms with Gasteiger partial charge in [-0.05, 0) is 30.5 Å². The van der Waals surface area contributed by atoms with Gasteiger partial charge >= 0.3 is 0 Å². The van der Waals surface area contributed by atoms with Gasteiger partial charge in [-0.3, -0.25) is 0 Å². The molecular weight excluding hydrogens is 242 g/mol. The second-order valence-electron chi connectivity index (χ2n) is 4.83. The van der Waals surface area contributed by atoms with E-state index in [9.17, 15) is 0 Å². The van der Waals surface area contributed by atoms with Crippen molar-refractivity contribution in [3.63, 3.8) is 0 Å². The number of morpholine rings is 1. The fourth-order valence-corrected chi connectivity index (χ4v) is 2.36. The maximum Gasteiger partial charge on any atom is 0.214 e. The molecule has 5 nitrogen and oxygen atoms in total. The van der Waals surface area contributed by atoms with Crippen LogP contribution in [0.3, 0.4) is 0 Å². The summed E-state index contributed by atoms with van der Waals surface area (Å²) in [6.07, 6.45) is 2.31. The van der Waals surface area contributed by atoms with Crippen LogP contribution in [0.4, 0.5) is 0 Å². The number of aryl methyl sites for hydroxylation is 1. The summed E-state index contributed by atoms with van der Waals surface area (Å²) >= 11 is 0. The molecule has 1 unspecified atom stereocenters. The zero-order valence-corrected chi connectivity index (χ0v) is 10.9. The van der Waals surface area contributed by atoms with Crippen LogP contribution in [0.1, 0.15) is 11.1 Å². The molecular formula is C14H17N3O2. The summed E-state index contributed by atoms with van der Waals surface area (Å²) in [4.78, 5) is 4.12. The van der Waals surface area contributed by atoms with E-state index in [1.165, 1.54) is 12.0 Å². The Bertz CT molecular complexity index is 534. The summed E-state index contributed by atoms with van der Waals surface area (Å²) in [5, 5.41) is 7.37. The van der Waals surface area contributed by atoms with Gasteiger partial charge in [-0.1, -0.05) is 17.3 Å². The summed E-state index contributed by atoms with van der Waals surface area (Å²) in [5.74, 6) is 0.646. The van der Waals surface area contributed by atoms with E-state index >= 15 is 0 Å². The van der Waals surface area contributed by atoms with Crippen molar-refractivity contribution in [2.75, 3.05) is 19.8 Å². The monoisotopic (exact) mass is 259 g/mol. The van der Waals surface area contributed by atoms with Gasteiger partial charge in [-0.15, -0.1) is 0 Å². The van der Waals surface area contributed by atoms with Crippen molar-refractivity contribution in [1.82, 2.24) is 15.5 Å². The average Bonchev–Trinajstić information content (AvgIpc) is 2.96. The molecule has 1 saturated heterocycles. The van der Waals surface area contributed by atoms with E-state index in [1.54, 1.807) is 0 Å². The molecule has 1 aromatic carbocycles. The Balaban J connectivity index is 1.81. The lowest BCUT2D eigenvalue weighted by molar-refractivity contribution is 0.0770. The zero-order valence-electron chi connectivity index (χ0n) is 10.9. The predicted molar refractivity (Wildman–Crippen MR) is 70.8 cm³/mol. The highest BCUT2D eigenvalue weighted by Crippen LogP contribution is 2.22. The van der Waals surface area contributed by atoms with Crippen LogP contribution in [0.25, 0.3) is 11.4 Å².